The van der Waals surface area contributed by atoms with E-state index in [1.165, 1.54) is 31.7 Å². The molecule has 2 aromatic carbocycles. The topological polar surface area (TPSA) is 82.9 Å². The molecule has 1 aliphatic heterocycles. The first-order chi connectivity index (χ1) is 17.0. The Morgan fingerprint density at radius 3 is 2.29 bits per heavy atom. The summed E-state index contributed by atoms with van der Waals surface area (Å²) in [5.74, 6) is 0.164. The maximum atomic E-state index is 12.9. The normalized spacial score (nSPS) is 14.5. The lowest BCUT2D eigenvalue weighted by molar-refractivity contribution is 0.0549. The summed E-state index contributed by atoms with van der Waals surface area (Å²) in [6.07, 6.45) is 2.33. The van der Waals surface area contributed by atoms with Gasteiger partial charge in [-0.05, 0) is 62.2 Å². The highest BCUT2D eigenvalue weighted by molar-refractivity contribution is 6.06. The predicted molar refractivity (Wildman–Crippen MR) is 132 cm³/mol. The second kappa shape index (κ2) is 10.7. The van der Waals surface area contributed by atoms with Gasteiger partial charge in [0.2, 0.25) is 0 Å². The van der Waals surface area contributed by atoms with E-state index in [1.54, 1.807) is 19.2 Å². The van der Waals surface area contributed by atoms with E-state index in [2.05, 4.69) is 11.8 Å². The van der Waals surface area contributed by atoms with Crippen molar-refractivity contribution in [2.24, 2.45) is 5.92 Å². The fourth-order valence-corrected chi connectivity index (χ4v) is 4.47. The number of ether oxygens (including phenoxy) is 3. The van der Waals surface area contributed by atoms with Crippen LogP contribution in [0.15, 0.2) is 48.5 Å². The van der Waals surface area contributed by atoms with E-state index < -0.39 is 11.9 Å². The van der Waals surface area contributed by atoms with Crippen molar-refractivity contribution in [1.82, 2.24) is 14.7 Å². The minimum absolute atomic E-state index is 0.0166. The van der Waals surface area contributed by atoms with E-state index in [0.717, 1.165) is 36.9 Å². The second-order valence-corrected chi connectivity index (χ2v) is 8.79. The Balaban J connectivity index is 1.85. The molecule has 8 nitrogen and oxygen atoms in total. The Morgan fingerprint density at radius 1 is 0.971 bits per heavy atom. The Bertz CT molecular complexity index is 1200. The van der Waals surface area contributed by atoms with Gasteiger partial charge in [0.1, 0.15) is 17.0 Å². The molecule has 0 saturated carbocycles. The predicted octanol–water partition coefficient (Wildman–Crippen LogP) is 4.35. The number of para-hydroxylation sites is 1. The lowest BCUT2D eigenvalue weighted by Gasteiger charge is -2.30. The van der Waals surface area contributed by atoms with Gasteiger partial charge in [-0.25, -0.2) is 14.3 Å². The lowest BCUT2D eigenvalue weighted by Crippen LogP contribution is -2.32. The van der Waals surface area contributed by atoms with Crippen LogP contribution in [0.4, 0.5) is 0 Å². The fraction of sp³-hybridized carbons (Fsp3) is 0.370. The molecule has 3 aromatic rings. The van der Waals surface area contributed by atoms with E-state index in [0.29, 0.717) is 16.9 Å². The molecule has 0 unspecified atom stereocenters. The number of piperidine rings is 1. The summed E-state index contributed by atoms with van der Waals surface area (Å²) in [7, 11) is 4.20. The van der Waals surface area contributed by atoms with Gasteiger partial charge >= 0.3 is 11.9 Å². The van der Waals surface area contributed by atoms with Gasteiger partial charge in [-0.2, -0.15) is 5.10 Å². The van der Waals surface area contributed by atoms with Crippen LogP contribution >= 0.6 is 0 Å². The van der Waals surface area contributed by atoms with Crippen molar-refractivity contribution in [1.29, 1.82) is 0 Å². The molecule has 1 aliphatic rings. The maximum Gasteiger partial charge on any atom is 0.357 e. The number of esters is 2. The Morgan fingerprint density at radius 2 is 1.66 bits per heavy atom. The number of carbonyl (C=O) groups excluding carboxylic acids is 2. The zero-order chi connectivity index (χ0) is 24.9. The fourth-order valence-electron chi connectivity index (χ4n) is 4.47. The van der Waals surface area contributed by atoms with Crippen LogP contribution < -0.4 is 4.74 Å². The lowest BCUT2D eigenvalue weighted by atomic mass is 9.98. The molecule has 0 bridgehead atoms. The molecule has 0 N–H and O–H groups in total. The van der Waals surface area contributed by atoms with Crippen LogP contribution in [0, 0.1) is 5.92 Å². The molecule has 1 aromatic heterocycles. The van der Waals surface area contributed by atoms with Crippen molar-refractivity contribution in [3.05, 3.63) is 65.4 Å². The molecule has 8 heteroatoms. The van der Waals surface area contributed by atoms with Crippen LogP contribution in [0.25, 0.3) is 16.9 Å². The van der Waals surface area contributed by atoms with Crippen molar-refractivity contribution in [2.75, 3.05) is 34.4 Å². The van der Waals surface area contributed by atoms with E-state index in [4.69, 9.17) is 19.3 Å². The third-order valence-corrected chi connectivity index (χ3v) is 6.48. The number of aromatic nitrogens is 2. The highest BCUT2D eigenvalue weighted by atomic mass is 16.5. The van der Waals surface area contributed by atoms with Crippen LogP contribution in [0.3, 0.4) is 0 Å². The van der Waals surface area contributed by atoms with E-state index >= 15 is 0 Å². The molecule has 0 amide bonds. The molecule has 35 heavy (non-hydrogen) atoms. The quantitative estimate of drug-likeness (QED) is 0.468. The third-order valence-electron chi connectivity index (χ3n) is 6.48. The zero-order valence-corrected chi connectivity index (χ0v) is 20.6. The minimum Gasteiger partial charge on any atom is -0.496 e. The van der Waals surface area contributed by atoms with Gasteiger partial charge < -0.3 is 14.2 Å². The molecule has 4 rings (SSSR count). The average molecular weight is 478 g/mol. The van der Waals surface area contributed by atoms with Gasteiger partial charge in [0.15, 0.2) is 5.69 Å². The van der Waals surface area contributed by atoms with Crippen molar-refractivity contribution >= 4 is 11.9 Å². The molecule has 0 atom stereocenters. The Labute approximate surface area is 205 Å². The monoisotopic (exact) mass is 477 g/mol. The number of likely N-dealkylation sites (tertiary alicyclic amines) is 1. The highest BCUT2D eigenvalue weighted by Gasteiger charge is 2.31. The first-order valence-electron chi connectivity index (χ1n) is 11.7. The van der Waals surface area contributed by atoms with Gasteiger partial charge in [-0.15, -0.1) is 0 Å². The van der Waals surface area contributed by atoms with Crippen LogP contribution in [0.5, 0.6) is 5.75 Å². The molecule has 1 fully saturated rings. The average Bonchev–Trinajstić information content (AvgIpc) is 3.30. The summed E-state index contributed by atoms with van der Waals surface area (Å²) in [6, 6.07) is 14.8. The van der Waals surface area contributed by atoms with Crippen LogP contribution in [-0.4, -0.2) is 61.0 Å². The van der Waals surface area contributed by atoms with Crippen molar-refractivity contribution in [3.63, 3.8) is 0 Å². The Kier molecular flexibility index (Phi) is 7.51. The van der Waals surface area contributed by atoms with E-state index in [1.807, 2.05) is 36.4 Å². The number of rotatable bonds is 7. The Hall–Kier alpha value is -3.65. The number of hydrogen-bond donors (Lipinski definition) is 0. The first-order valence-corrected chi connectivity index (χ1v) is 11.7. The van der Waals surface area contributed by atoms with Crippen molar-refractivity contribution in [3.8, 4) is 22.7 Å². The summed E-state index contributed by atoms with van der Waals surface area (Å²) in [5, 5.41) is 4.70. The standard InChI is InChI=1S/C27H31N3O5/c1-18-12-14-29(15-13-18)17-20-16-19(10-11-22(20)33-2)24-23(26(31)34-3)25(27(32)35-4)30(28-24)21-8-6-5-7-9-21/h5-11,16,18H,12-15,17H2,1-4H3. The maximum absolute atomic E-state index is 12.9. The molecule has 0 spiro atoms. The van der Waals surface area contributed by atoms with E-state index in [9.17, 15) is 9.59 Å². The van der Waals surface area contributed by atoms with Gasteiger partial charge in [0.05, 0.1) is 27.0 Å². The number of hydrogen-bond acceptors (Lipinski definition) is 7. The summed E-state index contributed by atoms with van der Waals surface area (Å²) in [6.45, 7) is 5.06. The molecule has 1 saturated heterocycles. The van der Waals surface area contributed by atoms with Gasteiger partial charge in [-0.3, -0.25) is 4.90 Å². The van der Waals surface area contributed by atoms with Gasteiger partial charge in [0.25, 0.3) is 0 Å². The second-order valence-electron chi connectivity index (χ2n) is 8.79. The zero-order valence-electron chi connectivity index (χ0n) is 20.6. The molecular formula is C27H31N3O5. The van der Waals surface area contributed by atoms with Gasteiger partial charge in [-0.1, -0.05) is 25.1 Å². The minimum atomic E-state index is -0.677. The van der Waals surface area contributed by atoms with Crippen molar-refractivity contribution < 1.29 is 23.8 Å². The number of nitrogens with zero attached hydrogens (tertiary/aromatic N) is 3. The number of carbonyl (C=O) groups is 2. The molecule has 0 aliphatic carbocycles. The number of benzene rings is 2. The SMILES string of the molecule is COC(=O)c1c(-c2ccc(OC)c(CN3CCC(C)CC3)c2)nn(-c2ccccc2)c1C(=O)OC. The largest absolute Gasteiger partial charge is 0.496 e. The smallest absolute Gasteiger partial charge is 0.357 e. The summed E-state index contributed by atoms with van der Waals surface area (Å²) < 4.78 is 17.1. The summed E-state index contributed by atoms with van der Waals surface area (Å²) >= 11 is 0. The first kappa shape index (κ1) is 24.5. The van der Waals surface area contributed by atoms with Crippen LogP contribution in [0.2, 0.25) is 0 Å². The van der Waals surface area contributed by atoms with Crippen LogP contribution in [0.1, 0.15) is 46.2 Å². The van der Waals surface area contributed by atoms with Crippen molar-refractivity contribution in [2.45, 2.75) is 26.3 Å². The molecule has 0 radical (unpaired) electrons. The third kappa shape index (κ3) is 5.07. The molecule has 184 valence electrons. The van der Waals surface area contributed by atoms with Crippen LogP contribution in [-0.2, 0) is 16.0 Å². The van der Waals surface area contributed by atoms with E-state index in [-0.39, 0.29) is 11.3 Å². The molecular weight excluding hydrogens is 446 g/mol. The summed E-state index contributed by atoms with van der Waals surface area (Å²) in [4.78, 5) is 28.2. The van der Waals surface area contributed by atoms with Gasteiger partial charge in [0, 0.05) is 17.7 Å². The summed E-state index contributed by atoms with van der Waals surface area (Å²) in [5.41, 5.74) is 2.72. The number of methoxy groups -OCH3 is 3. The molecule has 2 heterocycles. The highest BCUT2D eigenvalue weighted by Crippen LogP contribution is 2.33.